The van der Waals surface area contributed by atoms with Crippen molar-refractivity contribution in [2.75, 3.05) is 16.8 Å². The van der Waals surface area contributed by atoms with Crippen molar-refractivity contribution in [3.63, 3.8) is 0 Å². The summed E-state index contributed by atoms with van der Waals surface area (Å²) in [6, 6.07) is 13.8. The number of amides is 1. The summed E-state index contributed by atoms with van der Waals surface area (Å²) in [5.41, 5.74) is 4.05. The molecule has 5 nitrogen and oxygen atoms in total. The summed E-state index contributed by atoms with van der Waals surface area (Å²) in [6.45, 7) is 4.90. The van der Waals surface area contributed by atoms with E-state index in [4.69, 9.17) is 0 Å². The maximum Gasteiger partial charge on any atom is 0.247 e. The second-order valence-corrected chi connectivity index (χ2v) is 6.87. The fourth-order valence-electron chi connectivity index (χ4n) is 3.68. The summed E-state index contributed by atoms with van der Waals surface area (Å²) >= 11 is 0. The SMILES string of the molecule is Cc1ccc(NC(=O)[C@H]2CCCN2c2ncnc3ccccc23)c(C)c1. The van der Waals surface area contributed by atoms with Crippen LogP contribution in [0, 0.1) is 13.8 Å². The maximum atomic E-state index is 13.0. The molecule has 3 aromatic rings. The zero-order valence-corrected chi connectivity index (χ0v) is 15.1. The molecule has 1 fully saturated rings. The Labute approximate surface area is 153 Å². The van der Waals surface area contributed by atoms with E-state index in [1.807, 2.05) is 43.3 Å². The maximum absolute atomic E-state index is 13.0. The van der Waals surface area contributed by atoms with Gasteiger partial charge in [0, 0.05) is 17.6 Å². The predicted molar refractivity (Wildman–Crippen MR) is 104 cm³/mol. The van der Waals surface area contributed by atoms with E-state index in [2.05, 4.69) is 33.2 Å². The lowest BCUT2D eigenvalue weighted by atomic mass is 10.1. The fraction of sp³-hybridized carbons (Fsp3) is 0.286. The molecular weight excluding hydrogens is 324 g/mol. The molecule has 0 spiro atoms. The van der Waals surface area contributed by atoms with Crippen molar-refractivity contribution in [1.82, 2.24) is 9.97 Å². The van der Waals surface area contributed by atoms with E-state index in [1.54, 1.807) is 6.33 Å². The van der Waals surface area contributed by atoms with Crippen LogP contribution in [0.5, 0.6) is 0 Å². The minimum Gasteiger partial charge on any atom is -0.344 e. The number of rotatable bonds is 3. The van der Waals surface area contributed by atoms with Crippen LogP contribution in [-0.2, 0) is 4.79 Å². The molecule has 0 aliphatic carbocycles. The lowest BCUT2D eigenvalue weighted by molar-refractivity contribution is -0.117. The first-order chi connectivity index (χ1) is 12.6. The van der Waals surface area contributed by atoms with E-state index in [0.29, 0.717) is 0 Å². The number of benzene rings is 2. The van der Waals surface area contributed by atoms with E-state index < -0.39 is 0 Å². The lowest BCUT2D eigenvalue weighted by Gasteiger charge is -2.26. The molecule has 1 amide bonds. The Hall–Kier alpha value is -2.95. The quantitative estimate of drug-likeness (QED) is 0.782. The van der Waals surface area contributed by atoms with Crippen molar-refractivity contribution in [3.05, 3.63) is 59.9 Å². The number of carbonyl (C=O) groups excluding carboxylic acids is 1. The highest BCUT2D eigenvalue weighted by molar-refractivity contribution is 5.99. The zero-order chi connectivity index (χ0) is 18.1. The summed E-state index contributed by atoms with van der Waals surface area (Å²) < 4.78 is 0. The second kappa shape index (κ2) is 6.75. The Morgan fingerprint density at radius 1 is 1.15 bits per heavy atom. The largest absolute Gasteiger partial charge is 0.344 e. The summed E-state index contributed by atoms with van der Waals surface area (Å²) in [5, 5.41) is 4.09. The van der Waals surface area contributed by atoms with Gasteiger partial charge in [0.2, 0.25) is 5.91 Å². The molecule has 0 unspecified atom stereocenters. The first-order valence-electron chi connectivity index (χ1n) is 8.98. The molecule has 1 atom stereocenters. The normalized spacial score (nSPS) is 16.8. The summed E-state index contributed by atoms with van der Waals surface area (Å²) in [7, 11) is 0. The topological polar surface area (TPSA) is 58.1 Å². The molecular formula is C21H22N4O. The minimum atomic E-state index is -0.214. The Kier molecular flexibility index (Phi) is 4.29. The molecule has 1 aromatic heterocycles. The standard InChI is InChI=1S/C21H22N4O/c1-14-9-10-17(15(2)12-14)24-21(26)19-8-5-11-25(19)20-16-6-3-4-7-18(16)22-13-23-20/h3-4,6-7,9-10,12-13,19H,5,8,11H2,1-2H3,(H,24,26)/t19-/m1/s1. The van der Waals surface area contributed by atoms with Crippen molar-refractivity contribution >= 4 is 28.3 Å². The van der Waals surface area contributed by atoms with Crippen LogP contribution in [-0.4, -0.2) is 28.5 Å². The van der Waals surface area contributed by atoms with Crippen molar-refractivity contribution in [3.8, 4) is 0 Å². The summed E-state index contributed by atoms with van der Waals surface area (Å²) in [5.74, 6) is 0.867. The van der Waals surface area contributed by atoms with Gasteiger partial charge in [0.05, 0.1) is 5.52 Å². The Bertz CT molecular complexity index is 964. The van der Waals surface area contributed by atoms with Gasteiger partial charge in [-0.25, -0.2) is 9.97 Å². The van der Waals surface area contributed by atoms with Crippen LogP contribution >= 0.6 is 0 Å². The van der Waals surface area contributed by atoms with Crippen LogP contribution in [0.3, 0.4) is 0 Å². The number of nitrogens with one attached hydrogen (secondary N) is 1. The molecule has 4 rings (SSSR count). The van der Waals surface area contributed by atoms with Gasteiger partial charge in [-0.3, -0.25) is 4.79 Å². The molecule has 1 saturated heterocycles. The lowest BCUT2D eigenvalue weighted by Crippen LogP contribution is -2.40. The van der Waals surface area contributed by atoms with Crippen molar-refractivity contribution in [1.29, 1.82) is 0 Å². The Balaban J connectivity index is 1.62. The number of anilines is 2. The first kappa shape index (κ1) is 16.5. The summed E-state index contributed by atoms with van der Waals surface area (Å²) in [4.78, 5) is 23.9. The third-order valence-electron chi connectivity index (χ3n) is 4.99. The van der Waals surface area contributed by atoms with Gasteiger partial charge in [-0.15, -0.1) is 0 Å². The highest BCUT2D eigenvalue weighted by atomic mass is 16.2. The van der Waals surface area contributed by atoms with Crippen LogP contribution in [0.1, 0.15) is 24.0 Å². The number of carbonyl (C=O) groups is 1. The van der Waals surface area contributed by atoms with E-state index >= 15 is 0 Å². The zero-order valence-electron chi connectivity index (χ0n) is 15.1. The van der Waals surface area contributed by atoms with Gasteiger partial charge in [0.15, 0.2) is 0 Å². The van der Waals surface area contributed by atoms with E-state index in [-0.39, 0.29) is 11.9 Å². The molecule has 26 heavy (non-hydrogen) atoms. The number of aromatic nitrogens is 2. The average Bonchev–Trinajstić information content (AvgIpc) is 3.13. The van der Waals surface area contributed by atoms with E-state index in [9.17, 15) is 4.79 Å². The monoisotopic (exact) mass is 346 g/mol. The van der Waals surface area contributed by atoms with Crippen LogP contribution in [0.25, 0.3) is 10.9 Å². The second-order valence-electron chi connectivity index (χ2n) is 6.87. The number of fused-ring (bicyclic) bond motifs is 1. The molecule has 2 aromatic carbocycles. The third kappa shape index (κ3) is 3.01. The number of hydrogen-bond acceptors (Lipinski definition) is 4. The molecule has 5 heteroatoms. The van der Waals surface area contributed by atoms with Crippen LogP contribution < -0.4 is 10.2 Å². The van der Waals surface area contributed by atoms with Crippen molar-refractivity contribution in [2.45, 2.75) is 32.7 Å². The van der Waals surface area contributed by atoms with Crippen LogP contribution in [0.15, 0.2) is 48.8 Å². The summed E-state index contributed by atoms with van der Waals surface area (Å²) in [6.07, 6.45) is 3.38. The number of hydrogen-bond donors (Lipinski definition) is 1. The highest BCUT2D eigenvalue weighted by Crippen LogP contribution is 2.30. The highest BCUT2D eigenvalue weighted by Gasteiger charge is 2.32. The molecule has 1 N–H and O–H groups in total. The third-order valence-corrected chi connectivity index (χ3v) is 4.99. The van der Waals surface area contributed by atoms with Crippen molar-refractivity contribution in [2.24, 2.45) is 0 Å². The van der Waals surface area contributed by atoms with Gasteiger partial charge in [-0.1, -0.05) is 29.8 Å². The smallest absolute Gasteiger partial charge is 0.247 e. The minimum absolute atomic E-state index is 0.0251. The van der Waals surface area contributed by atoms with Gasteiger partial charge in [-0.05, 0) is 50.5 Å². The van der Waals surface area contributed by atoms with Gasteiger partial charge < -0.3 is 10.2 Å². The molecule has 1 aliphatic heterocycles. The molecule has 0 radical (unpaired) electrons. The number of nitrogens with zero attached hydrogens (tertiary/aromatic N) is 3. The van der Waals surface area contributed by atoms with Crippen LogP contribution in [0.2, 0.25) is 0 Å². The first-order valence-corrected chi connectivity index (χ1v) is 8.98. The van der Waals surface area contributed by atoms with Gasteiger partial charge >= 0.3 is 0 Å². The Morgan fingerprint density at radius 3 is 2.85 bits per heavy atom. The van der Waals surface area contributed by atoms with Crippen molar-refractivity contribution < 1.29 is 4.79 Å². The van der Waals surface area contributed by atoms with Crippen LogP contribution in [0.4, 0.5) is 11.5 Å². The molecule has 0 bridgehead atoms. The van der Waals surface area contributed by atoms with Gasteiger partial charge in [-0.2, -0.15) is 0 Å². The Morgan fingerprint density at radius 2 is 2.00 bits per heavy atom. The predicted octanol–water partition coefficient (Wildman–Crippen LogP) is 3.85. The molecule has 0 saturated carbocycles. The van der Waals surface area contributed by atoms with E-state index in [1.165, 1.54) is 5.56 Å². The molecule has 132 valence electrons. The van der Waals surface area contributed by atoms with E-state index in [0.717, 1.165) is 47.4 Å². The van der Waals surface area contributed by atoms with Gasteiger partial charge in [0.1, 0.15) is 18.2 Å². The fourth-order valence-corrected chi connectivity index (χ4v) is 3.68. The number of aryl methyl sites for hydroxylation is 2. The average molecular weight is 346 g/mol. The molecule has 2 heterocycles. The van der Waals surface area contributed by atoms with Gasteiger partial charge in [0.25, 0.3) is 0 Å². The molecule has 1 aliphatic rings. The number of para-hydroxylation sites is 1.